The van der Waals surface area contributed by atoms with Crippen molar-refractivity contribution in [2.45, 2.75) is 51.9 Å². The topological polar surface area (TPSA) is 69.7 Å². The van der Waals surface area contributed by atoms with Crippen LogP contribution in [0, 0.1) is 5.92 Å². The van der Waals surface area contributed by atoms with Crippen molar-refractivity contribution in [1.29, 1.82) is 0 Å². The quantitative estimate of drug-likeness (QED) is 0.660. The number of hydrogen-bond acceptors (Lipinski definition) is 3. The molecule has 2 aliphatic heterocycles. The summed E-state index contributed by atoms with van der Waals surface area (Å²) >= 11 is 3.41. The minimum Gasteiger partial charge on any atom is -0.350 e. The summed E-state index contributed by atoms with van der Waals surface area (Å²) in [6.45, 7) is 5.29. The number of nitrogens with zero attached hydrogens (tertiary/aromatic N) is 2. The minimum atomic E-state index is -0.588. The number of fused-ring (bicyclic) bond motifs is 1. The molecule has 1 fully saturated rings. The largest absolute Gasteiger partial charge is 0.350 e. The Morgan fingerprint density at radius 2 is 1.84 bits per heavy atom. The van der Waals surface area contributed by atoms with Gasteiger partial charge in [0.05, 0.1) is 0 Å². The van der Waals surface area contributed by atoms with E-state index in [2.05, 4.69) is 21.2 Å². The molecule has 32 heavy (non-hydrogen) atoms. The lowest BCUT2D eigenvalue weighted by Gasteiger charge is -2.35. The average molecular weight is 498 g/mol. The number of benzene rings is 2. The van der Waals surface area contributed by atoms with Gasteiger partial charge in [-0.1, -0.05) is 60.1 Å². The summed E-state index contributed by atoms with van der Waals surface area (Å²) in [6.07, 6.45) is 1.41. The highest BCUT2D eigenvalue weighted by molar-refractivity contribution is 9.10. The molecule has 2 aliphatic rings. The number of hydrogen-bond donors (Lipinski definition) is 1. The van der Waals surface area contributed by atoms with Crippen molar-refractivity contribution >= 4 is 33.7 Å². The highest BCUT2D eigenvalue weighted by Crippen LogP contribution is 2.30. The first-order valence-corrected chi connectivity index (χ1v) is 11.9. The van der Waals surface area contributed by atoms with Crippen molar-refractivity contribution < 1.29 is 14.4 Å². The van der Waals surface area contributed by atoms with Crippen LogP contribution in [0.15, 0.2) is 53.0 Å². The zero-order valence-electron chi connectivity index (χ0n) is 18.4. The molecule has 6 nitrogen and oxygen atoms in total. The predicted molar refractivity (Wildman–Crippen MR) is 126 cm³/mol. The standard InChI is InChI=1S/C25H28BrN3O3/c1-16(2)22(29-15-18-6-3-4-7-20(18)24(29)31)25(32)28-13-5-8-21(28)23(30)27-14-17-9-11-19(26)12-10-17/h3-4,6-7,9-12,16,21-22H,5,8,13-15H2,1-2H3,(H,27,30)/t21-,22?/m0/s1. The first kappa shape index (κ1) is 22.5. The fourth-order valence-electron chi connectivity index (χ4n) is 4.66. The van der Waals surface area contributed by atoms with Crippen molar-refractivity contribution in [2.75, 3.05) is 6.54 Å². The maximum Gasteiger partial charge on any atom is 0.255 e. The summed E-state index contributed by atoms with van der Waals surface area (Å²) in [6, 6.07) is 14.2. The van der Waals surface area contributed by atoms with Crippen LogP contribution in [-0.4, -0.2) is 46.1 Å². The molecule has 168 valence electrons. The van der Waals surface area contributed by atoms with Crippen LogP contribution in [0.25, 0.3) is 0 Å². The smallest absolute Gasteiger partial charge is 0.255 e. The number of halogens is 1. The summed E-state index contributed by atoms with van der Waals surface area (Å²) < 4.78 is 0.985. The molecule has 0 aliphatic carbocycles. The van der Waals surface area contributed by atoms with Crippen LogP contribution in [0.4, 0.5) is 0 Å². The van der Waals surface area contributed by atoms with E-state index in [1.165, 1.54) is 0 Å². The fourth-order valence-corrected chi connectivity index (χ4v) is 4.93. The second-order valence-corrected chi connectivity index (χ2v) is 9.73. The Morgan fingerprint density at radius 1 is 1.12 bits per heavy atom. The molecule has 3 amide bonds. The number of carbonyl (C=O) groups excluding carboxylic acids is 3. The van der Waals surface area contributed by atoms with Crippen LogP contribution in [0.5, 0.6) is 0 Å². The van der Waals surface area contributed by atoms with Gasteiger partial charge in [-0.05, 0) is 48.1 Å². The second-order valence-electron chi connectivity index (χ2n) is 8.81. The maximum atomic E-state index is 13.6. The molecule has 0 radical (unpaired) electrons. The summed E-state index contributed by atoms with van der Waals surface area (Å²) in [5, 5.41) is 2.98. The van der Waals surface area contributed by atoms with Crippen molar-refractivity contribution in [3.8, 4) is 0 Å². The van der Waals surface area contributed by atoms with Crippen molar-refractivity contribution in [3.05, 3.63) is 69.7 Å². The zero-order valence-corrected chi connectivity index (χ0v) is 20.0. The van der Waals surface area contributed by atoms with Gasteiger partial charge < -0.3 is 15.1 Å². The lowest BCUT2D eigenvalue weighted by atomic mass is 10.0. The van der Waals surface area contributed by atoms with E-state index in [1.807, 2.05) is 62.4 Å². The van der Waals surface area contributed by atoms with Crippen LogP contribution < -0.4 is 5.32 Å². The molecular weight excluding hydrogens is 470 g/mol. The number of amides is 3. The zero-order chi connectivity index (χ0) is 22.8. The Kier molecular flexibility index (Phi) is 6.65. The second kappa shape index (κ2) is 9.45. The molecule has 2 atom stereocenters. The molecule has 4 rings (SSSR count). The normalized spacial score (nSPS) is 18.8. The molecule has 2 aromatic carbocycles. The predicted octanol–water partition coefficient (Wildman–Crippen LogP) is 3.74. The fraction of sp³-hybridized carbons (Fsp3) is 0.400. The van der Waals surface area contributed by atoms with Crippen LogP contribution >= 0.6 is 15.9 Å². The average Bonchev–Trinajstić information content (AvgIpc) is 3.39. The Morgan fingerprint density at radius 3 is 2.53 bits per heavy atom. The van der Waals surface area contributed by atoms with Crippen LogP contribution in [0.3, 0.4) is 0 Å². The van der Waals surface area contributed by atoms with Gasteiger partial charge in [-0.25, -0.2) is 0 Å². The SMILES string of the molecule is CC(C)C(C(=O)N1CCC[C@H]1C(=O)NCc1ccc(Br)cc1)N1Cc2ccccc2C1=O. The van der Waals surface area contributed by atoms with E-state index >= 15 is 0 Å². The summed E-state index contributed by atoms with van der Waals surface area (Å²) in [5.41, 5.74) is 2.61. The maximum absolute atomic E-state index is 13.6. The first-order chi connectivity index (χ1) is 15.4. The van der Waals surface area contributed by atoms with E-state index in [0.717, 1.165) is 22.0 Å². The molecule has 7 heteroatoms. The van der Waals surface area contributed by atoms with Gasteiger partial charge in [0.15, 0.2) is 0 Å². The van der Waals surface area contributed by atoms with Crippen molar-refractivity contribution in [2.24, 2.45) is 5.92 Å². The van der Waals surface area contributed by atoms with Gasteiger partial charge in [0.2, 0.25) is 11.8 Å². The molecule has 0 aromatic heterocycles. The van der Waals surface area contributed by atoms with Gasteiger partial charge in [-0.3, -0.25) is 14.4 Å². The van der Waals surface area contributed by atoms with E-state index in [0.29, 0.717) is 31.6 Å². The summed E-state index contributed by atoms with van der Waals surface area (Å²) in [7, 11) is 0. The lowest BCUT2D eigenvalue weighted by Crippen LogP contribution is -2.55. The number of likely N-dealkylation sites (tertiary alicyclic amines) is 1. The number of carbonyl (C=O) groups is 3. The third-order valence-corrected chi connectivity index (χ3v) is 6.82. The van der Waals surface area contributed by atoms with Gasteiger partial charge in [0.1, 0.15) is 12.1 Å². The van der Waals surface area contributed by atoms with E-state index < -0.39 is 12.1 Å². The Bertz CT molecular complexity index is 1020. The number of rotatable bonds is 6. The van der Waals surface area contributed by atoms with Crippen LogP contribution in [-0.2, 0) is 22.7 Å². The first-order valence-electron chi connectivity index (χ1n) is 11.1. The molecule has 0 bridgehead atoms. The minimum absolute atomic E-state index is 0.0622. The molecule has 1 N–H and O–H groups in total. The van der Waals surface area contributed by atoms with Gasteiger partial charge >= 0.3 is 0 Å². The molecule has 2 aromatic rings. The molecule has 0 spiro atoms. The van der Waals surface area contributed by atoms with Crippen LogP contribution in [0.1, 0.15) is 48.2 Å². The van der Waals surface area contributed by atoms with Gasteiger partial charge in [-0.2, -0.15) is 0 Å². The summed E-state index contributed by atoms with van der Waals surface area (Å²) in [4.78, 5) is 43.0. The van der Waals surface area contributed by atoms with E-state index in [9.17, 15) is 14.4 Å². The summed E-state index contributed by atoms with van der Waals surface area (Å²) in [5.74, 6) is -0.448. The van der Waals surface area contributed by atoms with Gasteiger partial charge in [0.25, 0.3) is 5.91 Å². The highest BCUT2D eigenvalue weighted by Gasteiger charge is 2.43. The third kappa shape index (κ3) is 4.44. The van der Waals surface area contributed by atoms with E-state index in [4.69, 9.17) is 0 Å². The Hall–Kier alpha value is -2.67. The number of nitrogens with one attached hydrogen (secondary N) is 1. The van der Waals surface area contributed by atoms with E-state index in [1.54, 1.807) is 9.80 Å². The molecular formula is C25H28BrN3O3. The Balaban J connectivity index is 1.47. The van der Waals surface area contributed by atoms with Crippen LogP contribution in [0.2, 0.25) is 0 Å². The third-order valence-electron chi connectivity index (χ3n) is 6.29. The molecule has 1 unspecified atom stereocenters. The Labute approximate surface area is 197 Å². The lowest BCUT2D eigenvalue weighted by molar-refractivity contribution is -0.143. The monoisotopic (exact) mass is 497 g/mol. The highest BCUT2D eigenvalue weighted by atomic mass is 79.9. The molecule has 1 saturated heterocycles. The molecule has 2 heterocycles. The van der Waals surface area contributed by atoms with Crippen molar-refractivity contribution in [1.82, 2.24) is 15.1 Å². The van der Waals surface area contributed by atoms with Gasteiger partial charge in [0, 0.05) is 29.7 Å². The van der Waals surface area contributed by atoms with Crippen molar-refractivity contribution in [3.63, 3.8) is 0 Å². The van der Waals surface area contributed by atoms with Gasteiger partial charge in [-0.15, -0.1) is 0 Å². The molecule has 0 saturated carbocycles. The van der Waals surface area contributed by atoms with E-state index in [-0.39, 0.29) is 23.6 Å².